The van der Waals surface area contributed by atoms with Gasteiger partial charge in [-0.2, -0.15) is 5.10 Å². The van der Waals surface area contributed by atoms with Gasteiger partial charge in [0.25, 0.3) is 11.8 Å². The minimum atomic E-state index is -0.382. The molecule has 0 aliphatic carbocycles. The number of carbonyl (C=O) groups is 2. The summed E-state index contributed by atoms with van der Waals surface area (Å²) in [5.41, 5.74) is 3.22. The fraction of sp³-hybridized carbons (Fsp3) is 0.250. The highest BCUT2D eigenvalue weighted by molar-refractivity contribution is 7.99. The number of nitrogens with one attached hydrogen (secondary N) is 1. The molecule has 0 spiro atoms. The SMILES string of the molecule is COc1ccccc1C(=O)NCc1nnc(SCC(=O)N2N=C(c3cccs3)CC2c2cccc(OC)c2OC)n1CCc1ccccc1. The van der Waals surface area contributed by atoms with Crippen molar-refractivity contribution in [3.05, 3.63) is 118 Å². The molecule has 2 amide bonds. The molecule has 0 bridgehead atoms. The second-order valence-corrected chi connectivity index (χ2v) is 12.9. The van der Waals surface area contributed by atoms with Crippen LogP contribution in [-0.2, 0) is 24.3 Å². The van der Waals surface area contributed by atoms with E-state index in [1.54, 1.807) is 48.8 Å². The molecule has 11 nitrogen and oxygen atoms in total. The van der Waals surface area contributed by atoms with E-state index in [4.69, 9.17) is 19.3 Å². The quantitative estimate of drug-likeness (QED) is 0.140. The second-order valence-electron chi connectivity index (χ2n) is 11.0. The summed E-state index contributed by atoms with van der Waals surface area (Å²) in [5.74, 6) is 1.82. The summed E-state index contributed by atoms with van der Waals surface area (Å²) in [6.07, 6.45) is 1.25. The average molecular weight is 697 g/mol. The summed E-state index contributed by atoms with van der Waals surface area (Å²) in [6, 6.07) is 26.4. The van der Waals surface area contributed by atoms with E-state index in [2.05, 4.69) is 27.6 Å². The Bertz CT molecular complexity index is 1930. The minimum Gasteiger partial charge on any atom is -0.496 e. The Hall–Kier alpha value is -5.14. The molecule has 0 fully saturated rings. The lowest BCUT2D eigenvalue weighted by atomic mass is 9.99. The van der Waals surface area contributed by atoms with Crippen molar-refractivity contribution in [1.82, 2.24) is 25.1 Å². The zero-order valence-corrected chi connectivity index (χ0v) is 29.0. The van der Waals surface area contributed by atoms with Crippen molar-refractivity contribution in [2.24, 2.45) is 5.10 Å². The van der Waals surface area contributed by atoms with Gasteiger partial charge < -0.3 is 24.1 Å². The van der Waals surface area contributed by atoms with Crippen molar-refractivity contribution in [3.8, 4) is 17.2 Å². The number of hydrogen-bond acceptors (Lipinski definition) is 10. The van der Waals surface area contributed by atoms with E-state index >= 15 is 0 Å². The Labute approximate surface area is 292 Å². The van der Waals surface area contributed by atoms with Crippen LogP contribution >= 0.6 is 23.1 Å². The number of benzene rings is 3. The largest absolute Gasteiger partial charge is 0.496 e. The number of para-hydroxylation sites is 2. The third kappa shape index (κ3) is 7.63. The maximum atomic E-state index is 14.0. The second kappa shape index (κ2) is 15.8. The number of rotatable bonds is 14. The molecule has 0 saturated heterocycles. The number of ether oxygens (including phenoxy) is 3. The van der Waals surface area contributed by atoms with Gasteiger partial charge in [-0.15, -0.1) is 21.5 Å². The Morgan fingerprint density at radius 1 is 0.898 bits per heavy atom. The number of hydrazone groups is 1. The normalized spacial score (nSPS) is 14.0. The first-order valence-electron chi connectivity index (χ1n) is 15.6. The van der Waals surface area contributed by atoms with Gasteiger partial charge in [0.1, 0.15) is 5.75 Å². The zero-order chi connectivity index (χ0) is 34.2. The molecule has 1 aliphatic heterocycles. The highest BCUT2D eigenvalue weighted by Gasteiger charge is 2.36. The predicted molar refractivity (Wildman–Crippen MR) is 190 cm³/mol. The van der Waals surface area contributed by atoms with E-state index in [0.29, 0.717) is 53.2 Å². The topological polar surface area (TPSA) is 120 Å². The number of hydrogen-bond donors (Lipinski definition) is 1. The maximum absolute atomic E-state index is 14.0. The molecule has 0 radical (unpaired) electrons. The number of methoxy groups -OCH3 is 3. The van der Waals surface area contributed by atoms with E-state index in [-0.39, 0.29) is 30.2 Å². The van der Waals surface area contributed by atoms with Gasteiger partial charge in [-0.3, -0.25) is 9.59 Å². The van der Waals surface area contributed by atoms with Gasteiger partial charge in [-0.05, 0) is 41.6 Å². The molecule has 3 aromatic carbocycles. The Morgan fingerprint density at radius 2 is 1.67 bits per heavy atom. The van der Waals surface area contributed by atoms with Crippen LogP contribution in [0.4, 0.5) is 0 Å². The number of thioether (sulfide) groups is 1. The van der Waals surface area contributed by atoms with E-state index in [1.807, 2.05) is 64.5 Å². The van der Waals surface area contributed by atoms with Gasteiger partial charge in [0.2, 0.25) is 0 Å². The lowest BCUT2D eigenvalue weighted by Gasteiger charge is -2.24. The molecular weight excluding hydrogens is 661 g/mol. The van der Waals surface area contributed by atoms with Crippen molar-refractivity contribution >= 4 is 40.6 Å². The van der Waals surface area contributed by atoms with Crippen LogP contribution in [0, 0.1) is 0 Å². The highest BCUT2D eigenvalue weighted by Crippen LogP contribution is 2.42. The third-order valence-corrected chi connectivity index (χ3v) is 9.98. The van der Waals surface area contributed by atoms with Crippen LogP contribution in [0.15, 0.2) is 101 Å². The molecule has 1 N–H and O–H groups in total. The predicted octanol–water partition coefficient (Wildman–Crippen LogP) is 6.01. The first-order chi connectivity index (χ1) is 24.0. The van der Waals surface area contributed by atoms with Crippen LogP contribution in [0.2, 0.25) is 0 Å². The molecular formula is C36H36N6O5S2. The molecule has 1 aliphatic rings. The molecule has 2 aromatic heterocycles. The third-order valence-electron chi connectivity index (χ3n) is 8.11. The van der Waals surface area contributed by atoms with Crippen molar-refractivity contribution < 1.29 is 23.8 Å². The van der Waals surface area contributed by atoms with Crippen LogP contribution in [0.25, 0.3) is 0 Å². The summed E-state index contributed by atoms with van der Waals surface area (Å²) in [7, 11) is 4.72. The molecule has 3 heterocycles. The van der Waals surface area contributed by atoms with Crippen LogP contribution in [0.3, 0.4) is 0 Å². The van der Waals surface area contributed by atoms with Gasteiger partial charge in [0, 0.05) is 18.5 Å². The average Bonchev–Trinajstić information content (AvgIpc) is 3.92. The summed E-state index contributed by atoms with van der Waals surface area (Å²) in [5, 5.41) is 20.8. The Kier molecular flexibility index (Phi) is 10.9. The number of carbonyl (C=O) groups excluding carboxylic acids is 2. The molecule has 0 saturated carbocycles. The van der Waals surface area contributed by atoms with Crippen molar-refractivity contribution in [3.63, 3.8) is 0 Å². The lowest BCUT2D eigenvalue weighted by Crippen LogP contribution is -2.29. The number of aryl methyl sites for hydroxylation is 1. The van der Waals surface area contributed by atoms with Crippen molar-refractivity contribution in [2.45, 2.75) is 37.1 Å². The smallest absolute Gasteiger partial charge is 0.255 e. The Morgan fingerprint density at radius 3 is 2.43 bits per heavy atom. The van der Waals surface area contributed by atoms with E-state index in [1.165, 1.54) is 18.9 Å². The zero-order valence-electron chi connectivity index (χ0n) is 27.4. The molecule has 1 atom stereocenters. The van der Waals surface area contributed by atoms with E-state index in [9.17, 15) is 9.59 Å². The number of aromatic nitrogens is 3. The van der Waals surface area contributed by atoms with Crippen LogP contribution in [0.1, 0.15) is 44.6 Å². The van der Waals surface area contributed by atoms with E-state index < -0.39 is 0 Å². The molecule has 49 heavy (non-hydrogen) atoms. The summed E-state index contributed by atoms with van der Waals surface area (Å²) < 4.78 is 18.6. The number of amides is 2. The summed E-state index contributed by atoms with van der Waals surface area (Å²) >= 11 is 2.88. The number of thiophene rings is 1. The highest BCUT2D eigenvalue weighted by atomic mass is 32.2. The van der Waals surface area contributed by atoms with Crippen molar-refractivity contribution in [2.75, 3.05) is 27.1 Å². The van der Waals surface area contributed by atoms with Gasteiger partial charge in [0.15, 0.2) is 22.5 Å². The Balaban J connectivity index is 1.23. The van der Waals surface area contributed by atoms with E-state index in [0.717, 1.165) is 21.7 Å². The molecule has 6 rings (SSSR count). The first kappa shape index (κ1) is 33.7. The summed E-state index contributed by atoms with van der Waals surface area (Å²) in [4.78, 5) is 28.1. The maximum Gasteiger partial charge on any atom is 0.255 e. The molecule has 1 unspecified atom stereocenters. The fourth-order valence-corrected chi connectivity index (χ4v) is 7.25. The minimum absolute atomic E-state index is 0.0705. The monoisotopic (exact) mass is 696 g/mol. The van der Waals surface area contributed by atoms with Gasteiger partial charge >= 0.3 is 0 Å². The van der Waals surface area contributed by atoms with Crippen LogP contribution in [-0.4, -0.2) is 64.4 Å². The first-order valence-corrected chi connectivity index (χ1v) is 17.5. The van der Waals surface area contributed by atoms with Crippen LogP contribution in [0.5, 0.6) is 17.2 Å². The van der Waals surface area contributed by atoms with Crippen molar-refractivity contribution in [1.29, 1.82) is 0 Å². The van der Waals surface area contributed by atoms with Gasteiger partial charge in [-0.25, -0.2) is 5.01 Å². The fourth-order valence-electron chi connectivity index (χ4n) is 5.69. The lowest BCUT2D eigenvalue weighted by molar-refractivity contribution is -0.130. The molecule has 252 valence electrons. The molecule has 5 aromatic rings. The van der Waals surface area contributed by atoms with Crippen LogP contribution < -0.4 is 19.5 Å². The van der Waals surface area contributed by atoms with Gasteiger partial charge in [0.05, 0.1) is 55.8 Å². The summed E-state index contributed by atoms with van der Waals surface area (Å²) in [6.45, 7) is 0.701. The standard InChI is InChI=1S/C36H36N6O5S2/c1-45-29-15-8-7-13-26(29)35(44)37-22-32-38-39-36(41(32)19-18-24-11-5-4-6-12-24)49-23-33(43)42-28(21-27(40-42)31-17-10-20-48-31)25-14-9-16-30(46-2)34(25)47-3/h4-17,20,28H,18-19,21-23H2,1-3H3,(H,37,44). The molecule has 13 heteroatoms. The number of nitrogens with zero attached hydrogens (tertiary/aromatic N) is 5. The van der Waals surface area contributed by atoms with Gasteiger partial charge in [-0.1, -0.05) is 72.4 Å².